The van der Waals surface area contributed by atoms with Crippen molar-refractivity contribution in [2.45, 2.75) is 6.67 Å². The number of benzene rings is 2. The first-order valence-corrected chi connectivity index (χ1v) is 8.90. The first kappa shape index (κ1) is 19.2. The van der Waals surface area contributed by atoms with Crippen LogP contribution in [0.2, 0.25) is 5.02 Å². The maximum Gasteiger partial charge on any atom is 0.292 e. The number of nitrogens with zero attached hydrogens (tertiary/aromatic N) is 2. The van der Waals surface area contributed by atoms with E-state index in [1.165, 1.54) is 16.8 Å². The van der Waals surface area contributed by atoms with Crippen molar-refractivity contribution >= 4 is 35.4 Å². The van der Waals surface area contributed by atoms with Gasteiger partial charge in [0.2, 0.25) is 5.89 Å². The summed E-state index contributed by atoms with van der Waals surface area (Å²) in [7, 11) is 1.83. The van der Waals surface area contributed by atoms with Crippen molar-refractivity contribution in [3.63, 3.8) is 0 Å². The summed E-state index contributed by atoms with van der Waals surface area (Å²) in [5, 5.41) is 7.55. The molecule has 0 fully saturated rings. The number of aromatic nitrogens is 2. The van der Waals surface area contributed by atoms with E-state index in [1.54, 1.807) is 36.4 Å². The summed E-state index contributed by atoms with van der Waals surface area (Å²) < 4.78 is 20.0. The minimum atomic E-state index is -0.342. The molecule has 27 heavy (non-hydrogen) atoms. The van der Waals surface area contributed by atoms with E-state index in [1.807, 2.05) is 7.05 Å². The number of carbonyl (C=O) groups is 1. The summed E-state index contributed by atoms with van der Waals surface area (Å²) in [6.45, 7) is 0.519. The van der Waals surface area contributed by atoms with Gasteiger partial charge in [-0.25, -0.2) is 4.39 Å². The van der Waals surface area contributed by atoms with Crippen molar-refractivity contribution in [2.24, 2.45) is 0 Å². The highest BCUT2D eigenvalue weighted by molar-refractivity contribution is 7.71. The molecule has 3 aromatic rings. The van der Waals surface area contributed by atoms with Crippen LogP contribution in [0, 0.1) is 10.7 Å². The van der Waals surface area contributed by atoms with Gasteiger partial charge >= 0.3 is 0 Å². The SMILES string of the molecule is C[NH+](CC(=O)Nc1ccccc1Cl)Cn1nc(-c2ccc(F)cc2)oc1=S. The summed E-state index contributed by atoms with van der Waals surface area (Å²) in [5.74, 6) is -0.229. The predicted molar refractivity (Wildman–Crippen MR) is 103 cm³/mol. The molecule has 2 N–H and O–H groups in total. The second-order valence-electron chi connectivity index (χ2n) is 6.00. The normalized spacial score (nSPS) is 12.0. The molecule has 0 saturated heterocycles. The molecule has 2 aromatic carbocycles. The molecular formula is C18H17ClFN4O2S+. The average molecular weight is 408 g/mol. The Labute approximate surface area is 165 Å². The van der Waals surface area contributed by atoms with Gasteiger partial charge in [-0.3, -0.25) is 4.79 Å². The van der Waals surface area contributed by atoms with E-state index in [-0.39, 0.29) is 23.1 Å². The lowest BCUT2D eigenvalue weighted by Crippen LogP contribution is -3.09. The molecule has 0 aliphatic rings. The largest absolute Gasteiger partial charge is 0.409 e. The molecule has 0 radical (unpaired) electrons. The van der Waals surface area contributed by atoms with Gasteiger partial charge in [-0.05, 0) is 48.6 Å². The number of hydrogen-bond acceptors (Lipinski definition) is 4. The van der Waals surface area contributed by atoms with Crippen LogP contribution in [-0.2, 0) is 11.5 Å². The summed E-state index contributed by atoms with van der Waals surface area (Å²) in [6.07, 6.45) is 0. The number of carbonyl (C=O) groups excluding carboxylic acids is 1. The minimum Gasteiger partial charge on any atom is -0.409 e. The molecule has 3 rings (SSSR count). The van der Waals surface area contributed by atoms with Gasteiger partial charge in [0.1, 0.15) is 5.82 Å². The monoisotopic (exact) mass is 407 g/mol. The smallest absolute Gasteiger partial charge is 0.292 e. The van der Waals surface area contributed by atoms with Gasteiger partial charge in [-0.1, -0.05) is 23.7 Å². The maximum absolute atomic E-state index is 13.0. The van der Waals surface area contributed by atoms with Crippen LogP contribution < -0.4 is 10.2 Å². The zero-order chi connectivity index (χ0) is 19.4. The van der Waals surface area contributed by atoms with E-state index >= 15 is 0 Å². The number of para-hydroxylation sites is 1. The van der Waals surface area contributed by atoms with Crippen molar-refractivity contribution in [2.75, 3.05) is 18.9 Å². The van der Waals surface area contributed by atoms with Crippen molar-refractivity contribution in [1.29, 1.82) is 0 Å². The van der Waals surface area contributed by atoms with Gasteiger partial charge in [0.15, 0.2) is 13.2 Å². The third-order valence-electron chi connectivity index (χ3n) is 3.73. The van der Waals surface area contributed by atoms with Gasteiger partial charge in [0.05, 0.1) is 17.8 Å². The topological polar surface area (TPSA) is 64.5 Å². The molecule has 1 heterocycles. The van der Waals surface area contributed by atoms with Crippen LogP contribution in [0.25, 0.3) is 11.5 Å². The van der Waals surface area contributed by atoms with E-state index in [0.717, 1.165) is 4.90 Å². The van der Waals surface area contributed by atoms with Crippen molar-refractivity contribution in [1.82, 2.24) is 9.78 Å². The van der Waals surface area contributed by atoms with Crippen molar-refractivity contribution in [3.05, 3.63) is 64.2 Å². The minimum absolute atomic E-state index is 0.181. The Hall–Kier alpha value is -2.55. The molecule has 0 aliphatic heterocycles. The number of amides is 1. The Bertz CT molecular complexity index is 1000. The molecule has 0 aliphatic carbocycles. The molecule has 1 aromatic heterocycles. The number of likely N-dealkylation sites (N-methyl/N-ethyl adjacent to an activating group) is 1. The van der Waals surface area contributed by atoms with Gasteiger partial charge < -0.3 is 14.6 Å². The first-order valence-electron chi connectivity index (χ1n) is 8.12. The highest BCUT2D eigenvalue weighted by Crippen LogP contribution is 2.20. The Morgan fingerprint density at radius 1 is 1.30 bits per heavy atom. The highest BCUT2D eigenvalue weighted by atomic mass is 35.5. The zero-order valence-electron chi connectivity index (χ0n) is 14.4. The van der Waals surface area contributed by atoms with E-state index in [9.17, 15) is 9.18 Å². The second-order valence-corrected chi connectivity index (χ2v) is 6.76. The molecule has 140 valence electrons. The van der Waals surface area contributed by atoms with Crippen LogP contribution in [0.15, 0.2) is 52.9 Å². The summed E-state index contributed by atoms with van der Waals surface area (Å²) in [4.78, 5) is 13.2. The zero-order valence-corrected chi connectivity index (χ0v) is 16.0. The van der Waals surface area contributed by atoms with Gasteiger partial charge in [0.25, 0.3) is 10.7 Å². The van der Waals surface area contributed by atoms with E-state index in [4.69, 9.17) is 28.2 Å². The van der Waals surface area contributed by atoms with Crippen LogP contribution in [0.1, 0.15) is 0 Å². The quantitative estimate of drug-likeness (QED) is 0.617. The fraction of sp³-hybridized carbons (Fsp3) is 0.167. The van der Waals surface area contributed by atoms with Crippen LogP contribution in [0.5, 0.6) is 0 Å². The summed E-state index contributed by atoms with van der Waals surface area (Å²) in [5.41, 5.74) is 1.18. The summed E-state index contributed by atoms with van der Waals surface area (Å²) in [6, 6.07) is 12.8. The lowest BCUT2D eigenvalue weighted by molar-refractivity contribution is -0.895. The third kappa shape index (κ3) is 5.00. The Morgan fingerprint density at radius 2 is 2.00 bits per heavy atom. The molecule has 0 saturated carbocycles. The lowest BCUT2D eigenvalue weighted by atomic mass is 10.2. The molecule has 9 heteroatoms. The molecule has 0 bridgehead atoms. The van der Waals surface area contributed by atoms with Gasteiger partial charge in [-0.2, -0.15) is 4.68 Å². The molecule has 0 spiro atoms. The number of rotatable bonds is 6. The number of quaternary nitrogens is 1. The van der Waals surface area contributed by atoms with Crippen LogP contribution in [0.3, 0.4) is 0 Å². The van der Waals surface area contributed by atoms with E-state index < -0.39 is 0 Å². The standard InChI is InChI=1S/C18H16ClFN4O2S/c1-23(10-16(25)21-15-5-3-2-4-14(15)19)11-24-18(27)26-17(22-24)12-6-8-13(20)9-7-12/h2-9H,10-11H2,1H3,(H,21,25)/p+1. The fourth-order valence-corrected chi connectivity index (χ4v) is 2.83. The molecule has 1 unspecified atom stereocenters. The average Bonchev–Trinajstić information content (AvgIpc) is 2.98. The Morgan fingerprint density at radius 3 is 2.70 bits per heavy atom. The molecular weight excluding hydrogens is 391 g/mol. The lowest BCUT2D eigenvalue weighted by Gasteiger charge is -2.13. The number of nitrogens with one attached hydrogen (secondary N) is 2. The number of anilines is 1. The second kappa shape index (κ2) is 8.43. The number of halogens is 2. The van der Waals surface area contributed by atoms with E-state index in [0.29, 0.717) is 28.8 Å². The predicted octanol–water partition coefficient (Wildman–Crippen LogP) is 2.78. The Kier molecular flexibility index (Phi) is 6.00. The highest BCUT2D eigenvalue weighted by Gasteiger charge is 2.15. The maximum atomic E-state index is 13.0. The molecule has 6 nitrogen and oxygen atoms in total. The van der Waals surface area contributed by atoms with Crippen molar-refractivity contribution < 1.29 is 18.5 Å². The first-order chi connectivity index (χ1) is 12.9. The van der Waals surface area contributed by atoms with Crippen LogP contribution in [0.4, 0.5) is 10.1 Å². The third-order valence-corrected chi connectivity index (χ3v) is 4.35. The van der Waals surface area contributed by atoms with Crippen molar-refractivity contribution in [3.8, 4) is 11.5 Å². The summed E-state index contributed by atoms with van der Waals surface area (Å²) >= 11 is 11.2. The van der Waals surface area contributed by atoms with Crippen LogP contribution in [-0.4, -0.2) is 29.3 Å². The Balaban J connectivity index is 1.63. The number of hydrogen-bond donors (Lipinski definition) is 2. The molecule has 1 amide bonds. The molecule has 1 atom stereocenters. The van der Waals surface area contributed by atoms with Crippen LogP contribution >= 0.6 is 23.8 Å². The van der Waals surface area contributed by atoms with E-state index in [2.05, 4.69) is 10.4 Å². The van der Waals surface area contributed by atoms with Gasteiger partial charge in [0, 0.05) is 5.56 Å². The fourth-order valence-electron chi connectivity index (χ4n) is 2.46. The van der Waals surface area contributed by atoms with Gasteiger partial charge in [-0.15, -0.1) is 5.10 Å².